The zero-order valence-electron chi connectivity index (χ0n) is 18.3. The topological polar surface area (TPSA) is 111 Å². The summed E-state index contributed by atoms with van der Waals surface area (Å²) in [6, 6.07) is 3.88. The average Bonchev–Trinajstić information content (AvgIpc) is 2.74. The van der Waals surface area contributed by atoms with Gasteiger partial charge in [-0.05, 0) is 43.0 Å². The first kappa shape index (κ1) is 26.4. The second-order valence-corrected chi connectivity index (χ2v) is 7.76. The van der Waals surface area contributed by atoms with Crippen molar-refractivity contribution in [3.8, 4) is 5.75 Å². The van der Waals surface area contributed by atoms with Crippen molar-refractivity contribution in [1.29, 1.82) is 0 Å². The third kappa shape index (κ3) is 10.3. The van der Waals surface area contributed by atoms with Crippen LogP contribution in [0.3, 0.4) is 0 Å². The zero-order chi connectivity index (χ0) is 23.2. The molecule has 0 radical (unpaired) electrons. The molecule has 0 aliphatic carbocycles. The Morgan fingerprint density at radius 2 is 1.65 bits per heavy atom. The molecule has 9 heteroatoms. The summed E-state index contributed by atoms with van der Waals surface area (Å²) >= 11 is 1.53. The Bertz CT molecular complexity index is 754. The van der Waals surface area contributed by atoms with Crippen LogP contribution in [0.5, 0.6) is 5.75 Å². The third-order valence-electron chi connectivity index (χ3n) is 4.11. The summed E-state index contributed by atoms with van der Waals surface area (Å²) in [5.41, 5.74) is 2.07. The summed E-state index contributed by atoms with van der Waals surface area (Å²) < 4.78 is 14.7. The average molecular weight is 454 g/mol. The molecule has 1 aromatic carbocycles. The van der Waals surface area contributed by atoms with Crippen molar-refractivity contribution in [2.24, 2.45) is 0 Å². The Morgan fingerprint density at radius 1 is 1.03 bits per heavy atom. The molecule has 0 saturated carbocycles. The Balaban J connectivity index is 2.18. The number of hydrogen-bond donors (Lipinski definition) is 2. The predicted molar refractivity (Wildman–Crippen MR) is 118 cm³/mol. The summed E-state index contributed by atoms with van der Waals surface area (Å²) in [4.78, 5) is 35.5. The lowest BCUT2D eigenvalue weighted by molar-refractivity contribution is -0.144. The number of phenols is 1. The molecular formula is C22H31NO7S. The van der Waals surface area contributed by atoms with Gasteiger partial charge in [-0.3, -0.25) is 4.79 Å². The number of alkyl carbamates (subject to hydrolysis) is 1. The zero-order valence-corrected chi connectivity index (χ0v) is 19.1. The van der Waals surface area contributed by atoms with Gasteiger partial charge in [-0.2, -0.15) is 0 Å². The molecule has 0 aromatic heterocycles. The summed E-state index contributed by atoms with van der Waals surface area (Å²) in [6.45, 7) is 8.94. The number of amides is 1. The van der Waals surface area contributed by atoms with Crippen molar-refractivity contribution in [3.63, 3.8) is 0 Å². The molecule has 0 heterocycles. The number of benzene rings is 1. The van der Waals surface area contributed by atoms with Gasteiger partial charge in [0.05, 0.1) is 13.0 Å². The van der Waals surface area contributed by atoms with Crippen molar-refractivity contribution in [1.82, 2.24) is 5.32 Å². The molecule has 0 unspecified atom stereocenters. The van der Waals surface area contributed by atoms with Crippen molar-refractivity contribution < 1.29 is 33.7 Å². The molecular weight excluding hydrogens is 422 g/mol. The SMILES string of the molecule is C=C(C)C(=O)OCCNC(=O)OCCOC(=O)CCSc1cc(CC)c(O)c(CC)c1. The number of nitrogens with one attached hydrogen (secondary N) is 1. The van der Waals surface area contributed by atoms with Crippen LogP contribution in [-0.2, 0) is 36.6 Å². The van der Waals surface area contributed by atoms with E-state index in [1.54, 1.807) is 0 Å². The number of aryl methyl sites for hydroxylation is 2. The Hall–Kier alpha value is -2.68. The van der Waals surface area contributed by atoms with Crippen LogP contribution < -0.4 is 5.32 Å². The first-order valence-electron chi connectivity index (χ1n) is 10.1. The summed E-state index contributed by atoms with van der Waals surface area (Å²) in [5.74, 6) is -0.0125. The number of thioether (sulfide) groups is 1. The number of rotatable bonds is 13. The molecule has 2 N–H and O–H groups in total. The monoisotopic (exact) mass is 453 g/mol. The van der Waals surface area contributed by atoms with E-state index < -0.39 is 12.1 Å². The fraction of sp³-hybridized carbons (Fsp3) is 0.500. The lowest BCUT2D eigenvalue weighted by atomic mass is 10.1. The van der Waals surface area contributed by atoms with E-state index in [1.807, 2.05) is 26.0 Å². The molecule has 0 saturated heterocycles. The van der Waals surface area contributed by atoms with Crippen LogP contribution in [-0.4, -0.2) is 55.3 Å². The van der Waals surface area contributed by atoms with Crippen LogP contribution in [0.15, 0.2) is 29.2 Å². The number of carbonyl (C=O) groups excluding carboxylic acids is 3. The first-order valence-corrected chi connectivity index (χ1v) is 11.1. The van der Waals surface area contributed by atoms with Crippen LogP contribution in [0.25, 0.3) is 0 Å². The molecule has 1 rings (SSSR count). The van der Waals surface area contributed by atoms with Gasteiger partial charge in [-0.25, -0.2) is 9.59 Å². The lowest BCUT2D eigenvalue weighted by Gasteiger charge is -2.11. The van der Waals surface area contributed by atoms with Gasteiger partial charge in [0.2, 0.25) is 0 Å². The van der Waals surface area contributed by atoms with Gasteiger partial charge in [-0.15, -0.1) is 11.8 Å². The maximum absolute atomic E-state index is 11.8. The minimum Gasteiger partial charge on any atom is -0.507 e. The number of ether oxygens (including phenoxy) is 3. The standard InChI is InChI=1S/C22H31NO7S/c1-5-16-13-18(14-17(6-2)20(16)25)31-12-7-19(24)28-10-11-30-22(27)23-8-9-29-21(26)15(3)4/h13-14,25H,3,5-12H2,1-2,4H3,(H,23,27). The number of carbonyl (C=O) groups is 3. The molecule has 31 heavy (non-hydrogen) atoms. The number of phenolic OH excluding ortho intramolecular Hbond substituents is 1. The molecule has 1 amide bonds. The molecule has 0 bridgehead atoms. The van der Waals surface area contributed by atoms with Crippen molar-refractivity contribution >= 4 is 29.8 Å². The molecule has 0 fully saturated rings. The highest BCUT2D eigenvalue weighted by Gasteiger charge is 2.10. The second kappa shape index (κ2) is 14.3. The van der Waals surface area contributed by atoms with Gasteiger partial charge in [0, 0.05) is 16.2 Å². The third-order valence-corrected chi connectivity index (χ3v) is 5.09. The Labute approximate surface area is 187 Å². The normalized spacial score (nSPS) is 10.3. The summed E-state index contributed by atoms with van der Waals surface area (Å²) in [6.07, 6.45) is 1.00. The van der Waals surface area contributed by atoms with Gasteiger partial charge >= 0.3 is 18.0 Å². The van der Waals surface area contributed by atoms with E-state index in [1.165, 1.54) is 18.7 Å². The van der Waals surface area contributed by atoms with E-state index in [9.17, 15) is 19.5 Å². The van der Waals surface area contributed by atoms with E-state index in [2.05, 4.69) is 11.9 Å². The fourth-order valence-corrected chi connectivity index (χ4v) is 3.39. The molecule has 8 nitrogen and oxygen atoms in total. The predicted octanol–water partition coefficient (Wildman–Crippen LogP) is 3.39. The highest BCUT2D eigenvalue weighted by Crippen LogP contribution is 2.30. The minimum absolute atomic E-state index is 0.00791. The molecule has 0 aliphatic heterocycles. The van der Waals surface area contributed by atoms with E-state index in [4.69, 9.17) is 14.2 Å². The van der Waals surface area contributed by atoms with Crippen molar-refractivity contribution in [2.45, 2.75) is 44.9 Å². The number of hydrogen-bond acceptors (Lipinski definition) is 8. The van der Waals surface area contributed by atoms with Crippen LogP contribution >= 0.6 is 11.8 Å². The van der Waals surface area contributed by atoms with E-state index in [0.29, 0.717) is 11.5 Å². The van der Waals surface area contributed by atoms with Gasteiger partial charge < -0.3 is 24.6 Å². The highest BCUT2D eigenvalue weighted by atomic mass is 32.2. The molecule has 1 aromatic rings. The highest BCUT2D eigenvalue weighted by molar-refractivity contribution is 7.99. The first-order chi connectivity index (χ1) is 14.8. The molecule has 172 valence electrons. The minimum atomic E-state index is -0.691. The van der Waals surface area contributed by atoms with Gasteiger partial charge in [0.1, 0.15) is 25.6 Å². The van der Waals surface area contributed by atoms with Crippen LogP contribution in [0.1, 0.15) is 38.3 Å². The Kier molecular flexibility index (Phi) is 12.2. The number of esters is 2. The summed E-state index contributed by atoms with van der Waals surface area (Å²) in [7, 11) is 0. The van der Waals surface area contributed by atoms with E-state index >= 15 is 0 Å². The van der Waals surface area contributed by atoms with Crippen LogP contribution in [0.4, 0.5) is 4.79 Å². The smallest absolute Gasteiger partial charge is 0.407 e. The largest absolute Gasteiger partial charge is 0.507 e. The Morgan fingerprint density at radius 3 is 2.23 bits per heavy atom. The second-order valence-electron chi connectivity index (χ2n) is 6.60. The maximum Gasteiger partial charge on any atom is 0.407 e. The maximum atomic E-state index is 11.8. The van der Waals surface area contributed by atoms with Crippen LogP contribution in [0.2, 0.25) is 0 Å². The number of aromatic hydroxyl groups is 1. The van der Waals surface area contributed by atoms with Crippen molar-refractivity contribution in [3.05, 3.63) is 35.4 Å². The van der Waals surface area contributed by atoms with Gasteiger partial charge in [0.25, 0.3) is 0 Å². The van der Waals surface area contributed by atoms with E-state index in [0.717, 1.165) is 28.9 Å². The van der Waals surface area contributed by atoms with Crippen LogP contribution in [0, 0.1) is 0 Å². The van der Waals surface area contributed by atoms with Gasteiger partial charge in [-0.1, -0.05) is 20.4 Å². The fourth-order valence-electron chi connectivity index (χ4n) is 2.44. The lowest BCUT2D eigenvalue weighted by Crippen LogP contribution is -2.29. The van der Waals surface area contributed by atoms with E-state index in [-0.39, 0.29) is 44.3 Å². The van der Waals surface area contributed by atoms with Crippen molar-refractivity contribution in [2.75, 3.05) is 32.1 Å². The molecule has 0 atom stereocenters. The molecule has 0 aliphatic rings. The summed E-state index contributed by atoms with van der Waals surface area (Å²) in [5, 5.41) is 12.6. The molecule has 0 spiro atoms. The van der Waals surface area contributed by atoms with Gasteiger partial charge in [0.15, 0.2) is 0 Å². The quantitative estimate of drug-likeness (QED) is 0.154.